The highest BCUT2D eigenvalue weighted by Crippen LogP contribution is 2.29. The number of carbonyl (C=O) groups excluding carboxylic acids is 3. The number of piperazine rings is 1. The molecule has 28 heavy (non-hydrogen) atoms. The van der Waals surface area contributed by atoms with E-state index in [9.17, 15) is 14.4 Å². The van der Waals surface area contributed by atoms with Crippen molar-refractivity contribution in [2.24, 2.45) is 0 Å². The molecule has 8 heteroatoms. The lowest BCUT2D eigenvalue weighted by Crippen LogP contribution is -2.58. The van der Waals surface area contributed by atoms with Crippen LogP contribution in [0.1, 0.15) is 45.1 Å². The molecule has 0 aliphatic carbocycles. The van der Waals surface area contributed by atoms with Gasteiger partial charge in [0.15, 0.2) is 6.61 Å². The zero-order chi connectivity index (χ0) is 20.7. The molecule has 2 rings (SSSR count). The molecule has 1 unspecified atom stereocenters. The number of hydrogen-bond donors (Lipinski definition) is 1. The van der Waals surface area contributed by atoms with Crippen molar-refractivity contribution in [2.45, 2.75) is 45.6 Å². The van der Waals surface area contributed by atoms with E-state index in [-0.39, 0.29) is 30.8 Å². The maximum atomic E-state index is 12.7. The molecule has 1 atom stereocenters. The fourth-order valence-electron chi connectivity index (χ4n) is 2.97. The molecule has 1 aliphatic rings. The molecule has 0 aromatic heterocycles. The van der Waals surface area contributed by atoms with E-state index in [2.05, 4.69) is 21.2 Å². The van der Waals surface area contributed by atoms with Crippen LogP contribution in [0, 0.1) is 0 Å². The molecule has 1 N–H and O–H groups in total. The summed E-state index contributed by atoms with van der Waals surface area (Å²) < 4.78 is 11.8. The van der Waals surface area contributed by atoms with Crippen molar-refractivity contribution in [3.8, 4) is 5.75 Å². The number of nitrogens with zero attached hydrogens (tertiary/aromatic N) is 1. The minimum atomic E-state index is -0.872. The molecular formula is C20H27BrN2O5. The van der Waals surface area contributed by atoms with Gasteiger partial charge in [-0.2, -0.15) is 0 Å². The van der Waals surface area contributed by atoms with E-state index in [0.29, 0.717) is 31.9 Å². The molecule has 0 radical (unpaired) electrons. The topological polar surface area (TPSA) is 84.9 Å². The molecule has 0 bridgehead atoms. The van der Waals surface area contributed by atoms with E-state index in [1.807, 2.05) is 39.0 Å². The van der Waals surface area contributed by atoms with Gasteiger partial charge in [-0.1, -0.05) is 36.7 Å². The van der Waals surface area contributed by atoms with Crippen LogP contribution in [0.15, 0.2) is 22.7 Å². The SMILES string of the molecule is CCCOC(=O)CC1C(=O)NCCN1C(=O)COc1ccc(Br)cc1C(C)C. The van der Waals surface area contributed by atoms with E-state index < -0.39 is 12.0 Å². The minimum absolute atomic E-state index is 0.160. The zero-order valence-electron chi connectivity index (χ0n) is 16.5. The summed E-state index contributed by atoms with van der Waals surface area (Å²) in [5.74, 6) is -0.311. The summed E-state index contributed by atoms with van der Waals surface area (Å²) in [6.45, 7) is 6.76. The largest absolute Gasteiger partial charge is 0.483 e. The Morgan fingerprint density at radius 3 is 2.79 bits per heavy atom. The lowest BCUT2D eigenvalue weighted by molar-refractivity contribution is -0.152. The molecule has 154 valence electrons. The molecule has 1 heterocycles. The second kappa shape index (κ2) is 10.5. The summed E-state index contributed by atoms with van der Waals surface area (Å²) in [6, 6.07) is 4.76. The Morgan fingerprint density at radius 2 is 2.11 bits per heavy atom. The van der Waals surface area contributed by atoms with Crippen molar-refractivity contribution in [2.75, 3.05) is 26.3 Å². The number of carbonyl (C=O) groups is 3. The van der Waals surface area contributed by atoms with Crippen molar-refractivity contribution in [1.82, 2.24) is 10.2 Å². The third kappa shape index (κ3) is 5.95. The molecule has 0 spiro atoms. The van der Waals surface area contributed by atoms with Crippen molar-refractivity contribution in [3.63, 3.8) is 0 Å². The van der Waals surface area contributed by atoms with Gasteiger partial charge in [-0.05, 0) is 36.1 Å². The second-order valence-electron chi connectivity index (χ2n) is 6.94. The Balaban J connectivity index is 2.04. The fourth-order valence-corrected chi connectivity index (χ4v) is 3.35. The summed E-state index contributed by atoms with van der Waals surface area (Å²) in [6.07, 6.45) is 0.539. The smallest absolute Gasteiger partial charge is 0.308 e. The Morgan fingerprint density at radius 1 is 1.36 bits per heavy atom. The van der Waals surface area contributed by atoms with Gasteiger partial charge in [-0.25, -0.2) is 0 Å². The number of halogens is 1. The lowest BCUT2D eigenvalue weighted by Gasteiger charge is -2.34. The summed E-state index contributed by atoms with van der Waals surface area (Å²) in [5.41, 5.74) is 0.984. The maximum absolute atomic E-state index is 12.7. The highest BCUT2D eigenvalue weighted by atomic mass is 79.9. The van der Waals surface area contributed by atoms with Gasteiger partial charge in [0.25, 0.3) is 5.91 Å². The average Bonchev–Trinajstić information content (AvgIpc) is 2.66. The van der Waals surface area contributed by atoms with E-state index in [4.69, 9.17) is 9.47 Å². The molecule has 7 nitrogen and oxygen atoms in total. The van der Waals surface area contributed by atoms with Crippen LogP contribution < -0.4 is 10.1 Å². The quantitative estimate of drug-likeness (QED) is 0.610. The first-order valence-corrected chi connectivity index (χ1v) is 10.3. The highest BCUT2D eigenvalue weighted by Gasteiger charge is 2.35. The van der Waals surface area contributed by atoms with Crippen molar-refractivity contribution in [1.29, 1.82) is 0 Å². The molecule has 1 aromatic rings. The van der Waals surface area contributed by atoms with Crippen LogP contribution in [-0.4, -0.2) is 55.0 Å². The van der Waals surface area contributed by atoms with Crippen LogP contribution in [0.25, 0.3) is 0 Å². The van der Waals surface area contributed by atoms with Gasteiger partial charge < -0.3 is 19.7 Å². The average molecular weight is 455 g/mol. The van der Waals surface area contributed by atoms with Gasteiger partial charge in [0.2, 0.25) is 5.91 Å². The number of esters is 1. The summed E-state index contributed by atoms with van der Waals surface area (Å²) >= 11 is 3.44. The molecule has 2 amide bonds. The van der Waals surface area contributed by atoms with Gasteiger partial charge in [0.1, 0.15) is 11.8 Å². The first-order chi connectivity index (χ1) is 13.3. The summed E-state index contributed by atoms with van der Waals surface area (Å²) in [5, 5.41) is 2.70. The first kappa shape index (κ1) is 22.2. The van der Waals surface area contributed by atoms with Crippen molar-refractivity contribution in [3.05, 3.63) is 28.2 Å². The molecule has 1 aromatic carbocycles. The van der Waals surface area contributed by atoms with E-state index >= 15 is 0 Å². The molecule has 1 saturated heterocycles. The third-order valence-electron chi connectivity index (χ3n) is 4.42. The lowest BCUT2D eigenvalue weighted by atomic mass is 10.0. The number of hydrogen-bond acceptors (Lipinski definition) is 5. The minimum Gasteiger partial charge on any atom is -0.483 e. The third-order valence-corrected chi connectivity index (χ3v) is 4.92. The Bertz CT molecular complexity index is 723. The number of nitrogens with one attached hydrogen (secondary N) is 1. The van der Waals surface area contributed by atoms with E-state index in [1.165, 1.54) is 4.90 Å². The predicted molar refractivity (Wildman–Crippen MR) is 108 cm³/mol. The number of ether oxygens (including phenoxy) is 2. The highest BCUT2D eigenvalue weighted by molar-refractivity contribution is 9.10. The van der Waals surface area contributed by atoms with Crippen LogP contribution >= 0.6 is 15.9 Å². The Labute approximate surface area is 173 Å². The predicted octanol–water partition coefficient (Wildman–Crippen LogP) is 2.62. The first-order valence-electron chi connectivity index (χ1n) is 9.48. The fraction of sp³-hybridized carbons (Fsp3) is 0.550. The van der Waals surface area contributed by atoms with Gasteiger partial charge in [-0.15, -0.1) is 0 Å². The molecule has 0 saturated carbocycles. The molecular weight excluding hydrogens is 428 g/mol. The van der Waals surface area contributed by atoms with Crippen LogP contribution in [-0.2, 0) is 19.1 Å². The standard InChI is InChI=1S/C20H27BrN2O5/c1-4-9-27-19(25)11-16-20(26)22-7-8-23(16)18(24)12-28-17-6-5-14(21)10-15(17)13(2)3/h5-6,10,13,16H,4,7-9,11-12H2,1-3H3,(H,22,26). The van der Waals surface area contributed by atoms with Crippen LogP contribution in [0.2, 0.25) is 0 Å². The van der Waals surface area contributed by atoms with Gasteiger partial charge >= 0.3 is 5.97 Å². The monoisotopic (exact) mass is 454 g/mol. The zero-order valence-corrected chi connectivity index (χ0v) is 18.1. The molecule has 1 aliphatic heterocycles. The van der Waals surface area contributed by atoms with Crippen LogP contribution in [0.5, 0.6) is 5.75 Å². The van der Waals surface area contributed by atoms with Gasteiger partial charge in [0.05, 0.1) is 13.0 Å². The van der Waals surface area contributed by atoms with Crippen LogP contribution in [0.3, 0.4) is 0 Å². The van der Waals surface area contributed by atoms with Gasteiger partial charge in [-0.3, -0.25) is 14.4 Å². The van der Waals surface area contributed by atoms with Crippen molar-refractivity contribution >= 4 is 33.7 Å². The number of amides is 2. The second-order valence-corrected chi connectivity index (χ2v) is 7.86. The normalized spacial score (nSPS) is 16.7. The Kier molecular flexibility index (Phi) is 8.29. The maximum Gasteiger partial charge on any atom is 0.308 e. The Hall–Kier alpha value is -2.09. The van der Waals surface area contributed by atoms with Crippen molar-refractivity contribution < 1.29 is 23.9 Å². The number of benzene rings is 1. The summed E-state index contributed by atoms with van der Waals surface area (Å²) in [4.78, 5) is 38.3. The van der Waals surface area contributed by atoms with Crippen LogP contribution in [0.4, 0.5) is 0 Å². The number of rotatable bonds is 8. The molecule has 1 fully saturated rings. The van der Waals surface area contributed by atoms with E-state index in [1.54, 1.807) is 0 Å². The van der Waals surface area contributed by atoms with E-state index in [0.717, 1.165) is 10.0 Å². The summed E-state index contributed by atoms with van der Waals surface area (Å²) in [7, 11) is 0. The van der Waals surface area contributed by atoms with Gasteiger partial charge in [0, 0.05) is 17.6 Å².